The summed E-state index contributed by atoms with van der Waals surface area (Å²) in [5.41, 5.74) is 1.06. The highest BCUT2D eigenvalue weighted by Crippen LogP contribution is 2.23. The molecule has 1 atom stereocenters. The summed E-state index contributed by atoms with van der Waals surface area (Å²) in [5, 5.41) is 9.46. The van der Waals surface area contributed by atoms with Crippen molar-refractivity contribution in [3.05, 3.63) is 24.0 Å². The van der Waals surface area contributed by atoms with Gasteiger partial charge in [-0.05, 0) is 0 Å². The molecule has 1 unspecified atom stereocenters. The van der Waals surface area contributed by atoms with E-state index in [1.165, 1.54) is 12.6 Å². The number of imidazole rings is 1. The number of hydrogen-bond donors (Lipinski definition) is 2. The van der Waals surface area contributed by atoms with Crippen molar-refractivity contribution in [2.24, 2.45) is 0 Å². The SMILES string of the molecule is O=C1CC(O)Cc2[nH]c(-c3cnco3)nc21. The zero-order chi connectivity index (χ0) is 11.1. The monoisotopic (exact) mass is 219 g/mol. The number of ketones is 1. The number of aliphatic hydroxyl groups excluding tert-OH is 1. The van der Waals surface area contributed by atoms with Crippen molar-refractivity contribution in [1.29, 1.82) is 0 Å². The van der Waals surface area contributed by atoms with Gasteiger partial charge in [-0.1, -0.05) is 0 Å². The molecule has 0 saturated heterocycles. The van der Waals surface area contributed by atoms with Gasteiger partial charge in [-0.25, -0.2) is 9.97 Å². The largest absolute Gasteiger partial charge is 0.440 e. The molecule has 1 aliphatic rings. The minimum absolute atomic E-state index is 0.133. The van der Waals surface area contributed by atoms with Crippen LogP contribution in [-0.2, 0) is 6.42 Å². The lowest BCUT2D eigenvalue weighted by Gasteiger charge is -2.13. The van der Waals surface area contributed by atoms with E-state index >= 15 is 0 Å². The number of H-pyrrole nitrogens is 1. The van der Waals surface area contributed by atoms with Crippen molar-refractivity contribution in [3.8, 4) is 11.6 Å². The number of fused-ring (bicyclic) bond motifs is 1. The van der Waals surface area contributed by atoms with Crippen LogP contribution in [0.3, 0.4) is 0 Å². The maximum Gasteiger partial charge on any atom is 0.189 e. The Labute approximate surface area is 90.3 Å². The van der Waals surface area contributed by atoms with Crippen molar-refractivity contribution >= 4 is 5.78 Å². The molecule has 0 saturated carbocycles. The Kier molecular flexibility index (Phi) is 1.90. The molecule has 2 aromatic heterocycles. The van der Waals surface area contributed by atoms with Gasteiger partial charge in [-0.15, -0.1) is 0 Å². The van der Waals surface area contributed by atoms with Gasteiger partial charge in [-0.3, -0.25) is 4.79 Å². The highest BCUT2D eigenvalue weighted by atomic mass is 16.3. The zero-order valence-electron chi connectivity index (χ0n) is 8.30. The Morgan fingerprint density at radius 1 is 1.50 bits per heavy atom. The van der Waals surface area contributed by atoms with Gasteiger partial charge in [0.2, 0.25) is 0 Å². The summed E-state index contributed by atoms with van der Waals surface area (Å²) in [4.78, 5) is 22.5. The van der Waals surface area contributed by atoms with E-state index in [9.17, 15) is 9.90 Å². The van der Waals surface area contributed by atoms with Crippen LogP contribution in [0.4, 0.5) is 0 Å². The average Bonchev–Trinajstić information content (AvgIpc) is 2.82. The Morgan fingerprint density at radius 2 is 2.38 bits per heavy atom. The first-order chi connectivity index (χ1) is 7.74. The number of nitrogens with zero attached hydrogens (tertiary/aromatic N) is 2. The van der Waals surface area contributed by atoms with Gasteiger partial charge in [0, 0.05) is 18.5 Å². The van der Waals surface area contributed by atoms with E-state index in [4.69, 9.17) is 4.42 Å². The lowest BCUT2D eigenvalue weighted by Crippen LogP contribution is -2.23. The fraction of sp³-hybridized carbons (Fsp3) is 0.300. The molecule has 0 aromatic carbocycles. The van der Waals surface area contributed by atoms with E-state index in [-0.39, 0.29) is 12.2 Å². The number of aliphatic hydroxyl groups is 1. The van der Waals surface area contributed by atoms with Crippen molar-refractivity contribution in [2.45, 2.75) is 18.9 Å². The molecule has 6 nitrogen and oxygen atoms in total. The maximum atomic E-state index is 11.6. The molecule has 0 aliphatic heterocycles. The molecule has 1 aliphatic carbocycles. The van der Waals surface area contributed by atoms with Crippen LogP contribution in [0.2, 0.25) is 0 Å². The second-order valence-corrected chi connectivity index (χ2v) is 3.76. The van der Waals surface area contributed by atoms with Crippen molar-refractivity contribution < 1.29 is 14.3 Å². The van der Waals surface area contributed by atoms with Gasteiger partial charge in [-0.2, -0.15) is 0 Å². The van der Waals surface area contributed by atoms with Gasteiger partial charge < -0.3 is 14.5 Å². The fourth-order valence-corrected chi connectivity index (χ4v) is 1.86. The van der Waals surface area contributed by atoms with Crippen LogP contribution in [0.1, 0.15) is 22.6 Å². The number of aromatic amines is 1. The number of nitrogens with one attached hydrogen (secondary N) is 1. The van der Waals surface area contributed by atoms with E-state index < -0.39 is 6.10 Å². The van der Waals surface area contributed by atoms with Crippen LogP contribution < -0.4 is 0 Å². The third kappa shape index (κ3) is 1.35. The van der Waals surface area contributed by atoms with Crippen LogP contribution in [-0.4, -0.2) is 31.9 Å². The quantitative estimate of drug-likeness (QED) is 0.730. The van der Waals surface area contributed by atoms with Gasteiger partial charge in [0.25, 0.3) is 0 Å². The second-order valence-electron chi connectivity index (χ2n) is 3.76. The normalized spacial score (nSPS) is 19.8. The first-order valence-corrected chi connectivity index (χ1v) is 4.93. The standard InChI is InChI=1S/C10H9N3O3/c14-5-1-6-9(7(15)2-5)13-10(12-6)8-3-11-4-16-8/h3-5,14H,1-2H2,(H,12,13). The smallest absolute Gasteiger partial charge is 0.189 e. The predicted molar refractivity (Wildman–Crippen MR) is 52.7 cm³/mol. The minimum Gasteiger partial charge on any atom is -0.440 e. The molecule has 2 aromatic rings. The van der Waals surface area contributed by atoms with Gasteiger partial charge in [0.15, 0.2) is 23.8 Å². The van der Waals surface area contributed by atoms with Crippen LogP contribution in [0.5, 0.6) is 0 Å². The molecule has 0 radical (unpaired) electrons. The van der Waals surface area contributed by atoms with Gasteiger partial charge in [0.1, 0.15) is 5.69 Å². The molecule has 2 N–H and O–H groups in total. The molecular formula is C10H9N3O3. The predicted octanol–water partition coefficient (Wildman–Crippen LogP) is 0.554. The topological polar surface area (TPSA) is 92.0 Å². The Morgan fingerprint density at radius 3 is 3.12 bits per heavy atom. The summed E-state index contributed by atoms with van der Waals surface area (Å²) in [6.07, 6.45) is 2.75. The first kappa shape index (κ1) is 9.29. The molecule has 3 rings (SSSR count). The van der Waals surface area contributed by atoms with E-state index in [1.807, 2.05) is 0 Å². The van der Waals surface area contributed by atoms with Gasteiger partial charge >= 0.3 is 0 Å². The molecule has 0 bridgehead atoms. The summed E-state index contributed by atoms with van der Waals surface area (Å²) < 4.78 is 5.08. The van der Waals surface area contributed by atoms with Crippen LogP contribution in [0.15, 0.2) is 17.0 Å². The van der Waals surface area contributed by atoms with Crippen LogP contribution in [0, 0.1) is 0 Å². The highest BCUT2D eigenvalue weighted by molar-refractivity contribution is 5.97. The van der Waals surface area contributed by atoms with Crippen molar-refractivity contribution in [2.75, 3.05) is 0 Å². The molecule has 0 amide bonds. The van der Waals surface area contributed by atoms with Gasteiger partial charge in [0.05, 0.1) is 12.3 Å². The van der Waals surface area contributed by atoms with E-state index in [2.05, 4.69) is 15.0 Å². The van der Waals surface area contributed by atoms with Crippen molar-refractivity contribution in [1.82, 2.24) is 15.0 Å². The molecule has 82 valence electrons. The molecule has 2 heterocycles. The molecular weight excluding hydrogens is 210 g/mol. The Balaban J connectivity index is 2.07. The zero-order valence-corrected chi connectivity index (χ0v) is 8.30. The first-order valence-electron chi connectivity index (χ1n) is 4.93. The third-order valence-corrected chi connectivity index (χ3v) is 2.57. The van der Waals surface area contributed by atoms with E-state index in [1.54, 1.807) is 0 Å². The lowest BCUT2D eigenvalue weighted by molar-refractivity contribution is 0.0846. The average molecular weight is 219 g/mol. The summed E-state index contributed by atoms with van der Waals surface area (Å²) in [6, 6.07) is 0. The molecule has 0 spiro atoms. The van der Waals surface area contributed by atoms with E-state index in [0.717, 1.165) is 0 Å². The highest BCUT2D eigenvalue weighted by Gasteiger charge is 2.27. The number of Topliss-reactive ketones (excluding diaryl/α,β-unsaturated/α-hetero) is 1. The number of aromatic nitrogens is 3. The van der Waals surface area contributed by atoms with E-state index in [0.29, 0.717) is 29.4 Å². The number of hydrogen-bond acceptors (Lipinski definition) is 5. The third-order valence-electron chi connectivity index (χ3n) is 2.57. The minimum atomic E-state index is -0.622. The summed E-state index contributed by atoms with van der Waals surface area (Å²) >= 11 is 0. The Bertz CT molecular complexity index is 530. The number of carbonyl (C=O) groups excluding carboxylic acids is 1. The molecule has 0 fully saturated rings. The number of carbonyl (C=O) groups is 1. The van der Waals surface area contributed by atoms with Crippen molar-refractivity contribution in [3.63, 3.8) is 0 Å². The second kappa shape index (κ2) is 3.28. The van der Waals surface area contributed by atoms with Crippen LogP contribution in [0.25, 0.3) is 11.6 Å². The van der Waals surface area contributed by atoms with Crippen LogP contribution >= 0.6 is 0 Å². The molecule has 6 heteroatoms. The maximum absolute atomic E-state index is 11.6. The summed E-state index contributed by atoms with van der Waals surface area (Å²) in [5.74, 6) is 0.817. The lowest BCUT2D eigenvalue weighted by atomic mass is 9.97. The number of rotatable bonds is 1. The summed E-state index contributed by atoms with van der Waals surface area (Å²) in [6.45, 7) is 0. The number of oxazole rings is 1. The summed E-state index contributed by atoms with van der Waals surface area (Å²) in [7, 11) is 0. The molecule has 16 heavy (non-hydrogen) atoms. The Hall–Kier alpha value is -1.95. The fourth-order valence-electron chi connectivity index (χ4n) is 1.86.